The molecular formula is C89H174O17P2. The molecule has 0 aliphatic heterocycles. The van der Waals surface area contributed by atoms with Crippen LogP contribution in [0.1, 0.15) is 472 Å². The predicted molar refractivity (Wildman–Crippen MR) is 446 cm³/mol. The van der Waals surface area contributed by atoms with Gasteiger partial charge in [-0.05, 0) is 43.4 Å². The smallest absolute Gasteiger partial charge is 0.462 e. The largest absolute Gasteiger partial charge is 0.472 e. The minimum atomic E-state index is -4.97. The number of aliphatic hydroxyl groups excluding tert-OH is 1. The van der Waals surface area contributed by atoms with Gasteiger partial charge < -0.3 is 33.8 Å². The summed E-state index contributed by atoms with van der Waals surface area (Å²) in [7, 11) is -9.93. The first kappa shape index (κ1) is 106. The number of aliphatic hydroxyl groups is 1. The average molecular weight is 1580 g/mol. The second kappa shape index (κ2) is 78.9. The molecular weight excluding hydrogens is 1400 g/mol. The van der Waals surface area contributed by atoms with Gasteiger partial charge >= 0.3 is 39.5 Å². The number of esters is 4. The number of carbonyl (C=O) groups is 4. The molecule has 19 heteroatoms. The van der Waals surface area contributed by atoms with Crippen molar-refractivity contribution in [1.29, 1.82) is 0 Å². The van der Waals surface area contributed by atoms with Gasteiger partial charge in [0.1, 0.15) is 19.3 Å². The summed E-state index contributed by atoms with van der Waals surface area (Å²) < 4.78 is 69.0. The van der Waals surface area contributed by atoms with E-state index in [1.807, 2.05) is 0 Å². The van der Waals surface area contributed by atoms with Crippen LogP contribution in [0.4, 0.5) is 0 Å². The third-order valence-corrected chi connectivity index (χ3v) is 23.1. The Morgan fingerprint density at radius 1 is 0.269 bits per heavy atom. The van der Waals surface area contributed by atoms with Crippen LogP contribution < -0.4 is 0 Å². The molecule has 3 N–H and O–H groups in total. The molecule has 0 saturated heterocycles. The van der Waals surface area contributed by atoms with Crippen molar-refractivity contribution in [2.75, 3.05) is 39.6 Å². The van der Waals surface area contributed by atoms with Crippen molar-refractivity contribution in [3.63, 3.8) is 0 Å². The number of phosphoric ester groups is 2. The van der Waals surface area contributed by atoms with Gasteiger partial charge in [-0.1, -0.05) is 421 Å². The average Bonchev–Trinajstić information content (AvgIpc) is 0.897. The predicted octanol–water partition coefficient (Wildman–Crippen LogP) is 27.3. The van der Waals surface area contributed by atoms with E-state index in [2.05, 4.69) is 48.5 Å². The first-order chi connectivity index (χ1) is 52.3. The Morgan fingerprint density at radius 2 is 0.472 bits per heavy atom. The minimum Gasteiger partial charge on any atom is -0.462 e. The molecule has 0 aromatic carbocycles. The van der Waals surface area contributed by atoms with E-state index < -0.39 is 97.5 Å². The highest BCUT2D eigenvalue weighted by atomic mass is 31.2. The number of ether oxygens (including phenoxy) is 4. The van der Waals surface area contributed by atoms with E-state index in [1.165, 1.54) is 283 Å². The highest BCUT2D eigenvalue weighted by Gasteiger charge is 2.31. The molecule has 0 saturated carbocycles. The van der Waals surface area contributed by atoms with Gasteiger partial charge in [0.05, 0.1) is 26.4 Å². The number of phosphoric acid groups is 2. The van der Waals surface area contributed by atoms with E-state index in [4.69, 9.17) is 37.0 Å². The van der Waals surface area contributed by atoms with E-state index in [-0.39, 0.29) is 25.7 Å². The molecule has 0 aliphatic rings. The number of hydrogen-bond donors (Lipinski definition) is 3. The standard InChI is InChI=1S/C89H174O17P2/c1-8-10-11-12-13-14-15-16-17-18-19-20-21-22-23-28-31-34-44-51-58-65-72-88(93)105-84(76-99-86(91)70-63-56-49-42-33-30-27-25-24-26-29-32-39-46-53-60-67-80(3)4)78-103-107(95,96)101-74-83(90)75-102-108(97,98)104-79-85(77-100-87(92)71-64-57-50-43-37-35-40-47-54-61-68-81(5)6)106-89(94)73-66-59-52-45-38-36-41-48-55-62-69-82(7)9-2/h80-85,90H,8-79H2,1-7H3,(H,95,96)(H,97,98)/t82?,83-,84-,85-/m1/s1. The van der Waals surface area contributed by atoms with Crippen LogP contribution in [0.15, 0.2) is 0 Å². The Labute approximate surface area is 664 Å². The van der Waals surface area contributed by atoms with Crippen LogP contribution in [0.5, 0.6) is 0 Å². The highest BCUT2D eigenvalue weighted by Crippen LogP contribution is 2.45. The van der Waals surface area contributed by atoms with Crippen molar-refractivity contribution in [3.05, 3.63) is 0 Å². The van der Waals surface area contributed by atoms with Gasteiger partial charge in [0.2, 0.25) is 0 Å². The summed E-state index contributed by atoms with van der Waals surface area (Å²) in [4.78, 5) is 73.4. The van der Waals surface area contributed by atoms with Gasteiger partial charge in [-0.25, -0.2) is 9.13 Å². The highest BCUT2D eigenvalue weighted by molar-refractivity contribution is 7.47. The zero-order valence-electron chi connectivity index (χ0n) is 71.3. The Bertz CT molecular complexity index is 2080. The fourth-order valence-electron chi connectivity index (χ4n) is 13.9. The van der Waals surface area contributed by atoms with E-state index in [1.54, 1.807) is 0 Å². The molecule has 17 nitrogen and oxygen atoms in total. The lowest BCUT2D eigenvalue weighted by Gasteiger charge is -2.21. The molecule has 0 spiro atoms. The molecule has 0 heterocycles. The van der Waals surface area contributed by atoms with Crippen molar-refractivity contribution in [1.82, 2.24) is 0 Å². The number of carbonyl (C=O) groups excluding carboxylic acids is 4. The normalized spacial score (nSPS) is 14.1. The zero-order valence-corrected chi connectivity index (χ0v) is 73.1. The molecule has 642 valence electrons. The van der Waals surface area contributed by atoms with E-state index in [0.717, 1.165) is 108 Å². The Balaban J connectivity index is 5.25. The van der Waals surface area contributed by atoms with E-state index in [0.29, 0.717) is 25.7 Å². The molecule has 0 aromatic rings. The van der Waals surface area contributed by atoms with Crippen molar-refractivity contribution < 1.29 is 80.2 Å². The van der Waals surface area contributed by atoms with Crippen LogP contribution in [0.25, 0.3) is 0 Å². The molecule has 0 rings (SSSR count). The van der Waals surface area contributed by atoms with Gasteiger partial charge in [-0.2, -0.15) is 0 Å². The second-order valence-electron chi connectivity index (χ2n) is 33.2. The summed E-state index contributed by atoms with van der Waals surface area (Å²) in [6.45, 7) is 12.0. The molecule has 0 radical (unpaired) electrons. The van der Waals surface area contributed by atoms with Gasteiger partial charge in [0.25, 0.3) is 0 Å². The topological polar surface area (TPSA) is 237 Å². The first-order valence-electron chi connectivity index (χ1n) is 45.9. The van der Waals surface area contributed by atoms with Crippen molar-refractivity contribution >= 4 is 39.5 Å². The summed E-state index contributed by atoms with van der Waals surface area (Å²) in [5.74, 6) is 0.272. The lowest BCUT2D eigenvalue weighted by atomic mass is 9.99. The summed E-state index contributed by atoms with van der Waals surface area (Å²) in [6, 6.07) is 0. The maximum absolute atomic E-state index is 13.2. The van der Waals surface area contributed by atoms with Gasteiger partial charge in [-0.3, -0.25) is 37.3 Å². The van der Waals surface area contributed by atoms with Crippen LogP contribution in [0, 0.1) is 17.8 Å². The van der Waals surface area contributed by atoms with Crippen LogP contribution in [-0.2, 0) is 65.4 Å². The SMILES string of the molecule is CCCCCCCCCCCCCCCCCCCCCCCCC(=O)O[C@H](COC(=O)CCCCCCCCCCCCCCCCCCC(C)C)COP(=O)(O)OC[C@@H](O)COP(=O)(O)OC[C@@H](COC(=O)CCCCCCCCCCCCC(C)C)OC(=O)CCCCCCCCCCCCC(C)CC. The Kier molecular flexibility index (Phi) is 77.5. The zero-order chi connectivity index (χ0) is 79.3. The third kappa shape index (κ3) is 80.7. The quantitative estimate of drug-likeness (QED) is 0.0222. The molecule has 6 atom stereocenters. The Hall–Kier alpha value is -1.94. The molecule has 0 fully saturated rings. The van der Waals surface area contributed by atoms with Crippen molar-refractivity contribution in [2.24, 2.45) is 17.8 Å². The van der Waals surface area contributed by atoms with Gasteiger partial charge in [0, 0.05) is 25.7 Å². The maximum atomic E-state index is 13.2. The van der Waals surface area contributed by atoms with Crippen LogP contribution in [0.2, 0.25) is 0 Å². The minimum absolute atomic E-state index is 0.106. The van der Waals surface area contributed by atoms with Crippen LogP contribution in [-0.4, -0.2) is 96.7 Å². The van der Waals surface area contributed by atoms with E-state index >= 15 is 0 Å². The number of unbranched alkanes of at least 4 members (excludes halogenated alkanes) is 54. The second-order valence-corrected chi connectivity index (χ2v) is 36.1. The monoisotopic (exact) mass is 1580 g/mol. The van der Waals surface area contributed by atoms with Crippen LogP contribution >= 0.6 is 15.6 Å². The fourth-order valence-corrected chi connectivity index (χ4v) is 15.4. The third-order valence-electron chi connectivity index (χ3n) is 21.2. The molecule has 0 aromatic heterocycles. The molecule has 3 unspecified atom stereocenters. The molecule has 0 aliphatic carbocycles. The summed E-state index contributed by atoms with van der Waals surface area (Å²) >= 11 is 0. The first-order valence-corrected chi connectivity index (χ1v) is 48.9. The van der Waals surface area contributed by atoms with Crippen molar-refractivity contribution in [3.8, 4) is 0 Å². The van der Waals surface area contributed by atoms with Gasteiger partial charge in [0.15, 0.2) is 12.2 Å². The number of hydrogen-bond acceptors (Lipinski definition) is 15. The summed E-state index contributed by atoms with van der Waals surface area (Å²) in [6.07, 6.45) is 70.8. The van der Waals surface area contributed by atoms with Crippen LogP contribution in [0.3, 0.4) is 0 Å². The van der Waals surface area contributed by atoms with E-state index in [9.17, 15) is 43.2 Å². The van der Waals surface area contributed by atoms with Gasteiger partial charge in [-0.15, -0.1) is 0 Å². The summed E-state index contributed by atoms with van der Waals surface area (Å²) in [5, 5.41) is 10.7. The fraction of sp³-hybridized carbons (Fsp3) is 0.955. The maximum Gasteiger partial charge on any atom is 0.472 e. The molecule has 0 bridgehead atoms. The Morgan fingerprint density at radius 3 is 0.704 bits per heavy atom. The lowest BCUT2D eigenvalue weighted by molar-refractivity contribution is -0.161. The lowest BCUT2D eigenvalue weighted by Crippen LogP contribution is -2.30. The number of rotatable bonds is 87. The molecule has 108 heavy (non-hydrogen) atoms. The molecule has 0 amide bonds. The van der Waals surface area contributed by atoms with Crippen molar-refractivity contribution in [2.45, 2.75) is 491 Å². The summed E-state index contributed by atoms with van der Waals surface area (Å²) in [5.41, 5.74) is 0.